The van der Waals surface area contributed by atoms with E-state index in [0.717, 1.165) is 16.8 Å². The minimum Gasteiger partial charge on any atom is -0.349 e. The minimum atomic E-state index is 0.601. The third-order valence-corrected chi connectivity index (χ3v) is 3.09. The second kappa shape index (κ2) is 5.02. The molecule has 0 bridgehead atoms. The molecule has 0 fully saturated rings. The molecular weight excluding hydrogens is 250 g/mol. The molecule has 3 rings (SSSR count). The second-order valence-electron chi connectivity index (χ2n) is 4.56. The van der Waals surface area contributed by atoms with E-state index in [2.05, 4.69) is 21.5 Å². The summed E-state index contributed by atoms with van der Waals surface area (Å²) in [6.07, 6.45) is 1.88. The van der Waals surface area contributed by atoms with Crippen molar-refractivity contribution in [1.82, 2.24) is 14.6 Å². The highest BCUT2D eigenvalue weighted by Gasteiger charge is 2.04. The van der Waals surface area contributed by atoms with Gasteiger partial charge in [0.25, 0.3) is 0 Å². The van der Waals surface area contributed by atoms with E-state index in [1.165, 1.54) is 0 Å². The molecule has 0 spiro atoms. The number of fused-ring (bicyclic) bond motifs is 1. The molecule has 98 valence electrons. The Morgan fingerprint density at radius 1 is 1.25 bits per heavy atom. The van der Waals surface area contributed by atoms with Gasteiger partial charge in [-0.2, -0.15) is 10.2 Å². The van der Waals surface area contributed by atoms with Gasteiger partial charge in [-0.3, -0.25) is 0 Å². The summed E-state index contributed by atoms with van der Waals surface area (Å²) in [6, 6.07) is 13.5. The molecule has 3 aromatic rings. The first-order chi connectivity index (χ1) is 9.76. The minimum absolute atomic E-state index is 0.601. The van der Waals surface area contributed by atoms with E-state index in [-0.39, 0.29) is 0 Å². The maximum absolute atomic E-state index is 8.75. The summed E-state index contributed by atoms with van der Waals surface area (Å²) >= 11 is 0. The van der Waals surface area contributed by atoms with Gasteiger partial charge >= 0.3 is 0 Å². The lowest BCUT2D eigenvalue weighted by atomic mass is 10.1. The van der Waals surface area contributed by atoms with Gasteiger partial charge in [0.2, 0.25) is 5.95 Å². The normalized spacial score (nSPS) is 10.4. The van der Waals surface area contributed by atoms with Gasteiger partial charge in [0, 0.05) is 12.7 Å². The molecule has 0 saturated heterocycles. The van der Waals surface area contributed by atoms with Crippen LogP contribution in [0.1, 0.15) is 16.7 Å². The summed E-state index contributed by atoms with van der Waals surface area (Å²) in [5.41, 5.74) is 3.69. The van der Waals surface area contributed by atoms with Crippen molar-refractivity contribution >= 4 is 11.6 Å². The van der Waals surface area contributed by atoms with Crippen LogP contribution in [-0.4, -0.2) is 14.6 Å². The molecule has 0 amide bonds. The maximum Gasteiger partial charge on any atom is 0.243 e. The molecule has 5 heteroatoms. The van der Waals surface area contributed by atoms with Crippen molar-refractivity contribution in [2.24, 2.45) is 0 Å². The summed E-state index contributed by atoms with van der Waals surface area (Å²) in [4.78, 5) is 4.45. The molecule has 0 saturated carbocycles. The van der Waals surface area contributed by atoms with Gasteiger partial charge in [0.1, 0.15) is 0 Å². The third-order valence-electron chi connectivity index (χ3n) is 3.09. The van der Waals surface area contributed by atoms with Gasteiger partial charge in [-0.1, -0.05) is 18.2 Å². The summed E-state index contributed by atoms with van der Waals surface area (Å²) in [6.45, 7) is 2.63. The van der Waals surface area contributed by atoms with Gasteiger partial charge in [-0.05, 0) is 36.2 Å². The summed E-state index contributed by atoms with van der Waals surface area (Å²) in [5, 5.41) is 16.3. The molecule has 0 aliphatic carbocycles. The van der Waals surface area contributed by atoms with Crippen molar-refractivity contribution in [3.05, 3.63) is 59.3 Å². The van der Waals surface area contributed by atoms with E-state index in [9.17, 15) is 0 Å². The number of nitrogens with zero attached hydrogens (tertiary/aromatic N) is 4. The van der Waals surface area contributed by atoms with Crippen molar-refractivity contribution in [2.75, 3.05) is 5.32 Å². The molecule has 0 radical (unpaired) electrons. The van der Waals surface area contributed by atoms with E-state index in [4.69, 9.17) is 5.26 Å². The Labute approximate surface area is 116 Å². The Hall–Kier alpha value is -2.87. The van der Waals surface area contributed by atoms with Crippen molar-refractivity contribution in [3.8, 4) is 6.07 Å². The number of benzene rings is 1. The largest absolute Gasteiger partial charge is 0.349 e. The molecule has 2 aromatic heterocycles. The number of hydrogen-bond acceptors (Lipinski definition) is 4. The van der Waals surface area contributed by atoms with Crippen LogP contribution < -0.4 is 5.32 Å². The van der Waals surface area contributed by atoms with E-state index in [0.29, 0.717) is 18.1 Å². The highest BCUT2D eigenvalue weighted by molar-refractivity contribution is 5.49. The molecule has 0 aliphatic rings. The lowest BCUT2D eigenvalue weighted by Gasteiger charge is -2.01. The third kappa shape index (κ3) is 2.31. The van der Waals surface area contributed by atoms with Crippen LogP contribution in [0.2, 0.25) is 0 Å². The van der Waals surface area contributed by atoms with Crippen LogP contribution in [0.3, 0.4) is 0 Å². The number of aryl methyl sites for hydroxylation is 1. The number of anilines is 1. The molecule has 1 N–H and O–H groups in total. The Bertz CT molecular complexity index is 780. The molecule has 0 aliphatic heterocycles. The van der Waals surface area contributed by atoms with Crippen LogP contribution in [0.15, 0.2) is 42.6 Å². The van der Waals surface area contributed by atoms with Gasteiger partial charge in [-0.15, -0.1) is 5.10 Å². The Morgan fingerprint density at radius 3 is 2.75 bits per heavy atom. The molecule has 20 heavy (non-hydrogen) atoms. The molecule has 0 atom stereocenters. The van der Waals surface area contributed by atoms with Crippen molar-refractivity contribution in [2.45, 2.75) is 13.5 Å². The topological polar surface area (TPSA) is 66.0 Å². The van der Waals surface area contributed by atoms with E-state index < -0.39 is 0 Å². The predicted octanol–water partition coefficient (Wildman–Crippen LogP) is 2.52. The molecule has 0 unspecified atom stereocenters. The second-order valence-corrected chi connectivity index (χ2v) is 4.56. The Balaban J connectivity index is 1.76. The number of pyridine rings is 1. The van der Waals surface area contributed by atoms with E-state index >= 15 is 0 Å². The summed E-state index contributed by atoms with van der Waals surface area (Å²) < 4.78 is 1.76. The number of nitriles is 1. The number of hydrogen-bond donors (Lipinski definition) is 1. The summed E-state index contributed by atoms with van der Waals surface area (Å²) in [7, 11) is 0. The fourth-order valence-corrected chi connectivity index (χ4v) is 1.99. The van der Waals surface area contributed by atoms with E-state index in [1.807, 2.05) is 37.4 Å². The fourth-order valence-electron chi connectivity index (χ4n) is 1.99. The smallest absolute Gasteiger partial charge is 0.243 e. The first-order valence-corrected chi connectivity index (χ1v) is 6.31. The van der Waals surface area contributed by atoms with Crippen LogP contribution in [0.5, 0.6) is 0 Å². The van der Waals surface area contributed by atoms with Crippen molar-refractivity contribution < 1.29 is 0 Å². The highest BCUT2D eigenvalue weighted by atomic mass is 15.3. The van der Waals surface area contributed by atoms with Crippen LogP contribution in [0.25, 0.3) is 5.65 Å². The maximum atomic E-state index is 8.75. The average molecular weight is 263 g/mol. The lowest BCUT2D eigenvalue weighted by molar-refractivity contribution is 0.946. The number of aromatic nitrogens is 3. The number of nitrogens with one attached hydrogen (secondary N) is 1. The van der Waals surface area contributed by atoms with Gasteiger partial charge in [0.15, 0.2) is 5.65 Å². The first-order valence-electron chi connectivity index (χ1n) is 6.31. The lowest BCUT2D eigenvalue weighted by Crippen LogP contribution is -2.01. The Kier molecular flexibility index (Phi) is 3.05. The van der Waals surface area contributed by atoms with Crippen molar-refractivity contribution in [3.63, 3.8) is 0 Å². The van der Waals surface area contributed by atoms with Gasteiger partial charge in [-0.25, -0.2) is 4.52 Å². The predicted molar refractivity (Wildman–Crippen MR) is 76.2 cm³/mol. The van der Waals surface area contributed by atoms with Crippen molar-refractivity contribution in [1.29, 1.82) is 5.26 Å². The monoisotopic (exact) mass is 263 g/mol. The zero-order valence-corrected chi connectivity index (χ0v) is 11.0. The molecule has 5 nitrogen and oxygen atoms in total. The van der Waals surface area contributed by atoms with E-state index in [1.54, 1.807) is 16.6 Å². The molecular formula is C15H13N5. The standard InChI is InChI=1S/C15H13N5/c1-11-3-2-8-20-14(11)18-15(19-20)17-10-13-6-4-12(9-16)5-7-13/h2-8H,10H2,1H3,(H,17,19). The zero-order valence-electron chi connectivity index (χ0n) is 11.0. The Morgan fingerprint density at radius 2 is 2.05 bits per heavy atom. The van der Waals surface area contributed by atoms with Gasteiger partial charge < -0.3 is 5.32 Å². The average Bonchev–Trinajstić information content (AvgIpc) is 2.90. The zero-order chi connectivity index (χ0) is 13.9. The SMILES string of the molecule is Cc1cccn2nc(NCc3ccc(C#N)cc3)nc12. The first kappa shape index (κ1) is 12.2. The number of rotatable bonds is 3. The summed E-state index contributed by atoms with van der Waals surface area (Å²) in [5.74, 6) is 0.601. The molecule has 2 heterocycles. The highest BCUT2D eigenvalue weighted by Crippen LogP contribution is 2.11. The fraction of sp³-hybridized carbons (Fsp3) is 0.133. The van der Waals surface area contributed by atoms with Crippen LogP contribution >= 0.6 is 0 Å². The van der Waals surface area contributed by atoms with Gasteiger partial charge in [0.05, 0.1) is 11.6 Å². The van der Waals surface area contributed by atoms with Crippen LogP contribution in [0, 0.1) is 18.3 Å². The van der Waals surface area contributed by atoms with Crippen LogP contribution in [0.4, 0.5) is 5.95 Å². The molecule has 1 aromatic carbocycles. The van der Waals surface area contributed by atoms with Crippen LogP contribution in [-0.2, 0) is 6.54 Å². The quantitative estimate of drug-likeness (QED) is 0.788.